The van der Waals surface area contributed by atoms with Crippen LogP contribution in [0.25, 0.3) is 16.6 Å². The molecule has 4 aromatic rings. The number of ether oxygens (including phenoxy) is 1. The third-order valence-corrected chi connectivity index (χ3v) is 6.86. The summed E-state index contributed by atoms with van der Waals surface area (Å²) in [5.74, 6) is 0.585. The van der Waals surface area contributed by atoms with Gasteiger partial charge in [-0.15, -0.1) is 5.10 Å². The molecule has 0 atom stereocenters. The molecule has 8 nitrogen and oxygen atoms in total. The molecule has 162 valence electrons. The van der Waals surface area contributed by atoms with Crippen molar-refractivity contribution >= 4 is 48.1 Å². The Balaban J connectivity index is 1.76. The van der Waals surface area contributed by atoms with Crippen LogP contribution in [-0.2, 0) is 14.6 Å². The average Bonchev–Trinajstić information content (AvgIpc) is 3.18. The van der Waals surface area contributed by atoms with E-state index in [0.717, 1.165) is 21.8 Å². The molecular formula is C21H22BrN5O3S. The number of nitrogens with zero attached hydrogens (tertiary/aromatic N) is 4. The van der Waals surface area contributed by atoms with E-state index in [1.807, 2.05) is 38.1 Å². The largest absolute Gasteiger partial charge is 0.379 e. The number of rotatable bonds is 8. The Morgan fingerprint density at radius 1 is 1.13 bits per heavy atom. The lowest BCUT2D eigenvalue weighted by atomic mass is 10.2. The molecule has 0 unspecified atom stereocenters. The molecule has 0 aliphatic rings. The molecule has 31 heavy (non-hydrogen) atoms. The molecule has 0 aliphatic carbocycles. The molecule has 2 aromatic carbocycles. The van der Waals surface area contributed by atoms with Crippen LogP contribution < -0.4 is 5.32 Å². The van der Waals surface area contributed by atoms with Crippen LogP contribution in [0.4, 0.5) is 5.82 Å². The molecule has 0 amide bonds. The van der Waals surface area contributed by atoms with Gasteiger partial charge in [0.25, 0.3) is 0 Å². The number of sulfone groups is 1. The normalized spacial score (nSPS) is 12.1. The van der Waals surface area contributed by atoms with E-state index >= 15 is 0 Å². The summed E-state index contributed by atoms with van der Waals surface area (Å²) in [5, 5.41) is 12.0. The summed E-state index contributed by atoms with van der Waals surface area (Å²) in [7, 11) is -3.89. The lowest BCUT2D eigenvalue weighted by Crippen LogP contribution is -2.11. The summed E-state index contributed by atoms with van der Waals surface area (Å²) >= 11 is 3.32. The van der Waals surface area contributed by atoms with Crippen LogP contribution in [0.2, 0.25) is 0 Å². The zero-order valence-electron chi connectivity index (χ0n) is 17.1. The predicted molar refractivity (Wildman–Crippen MR) is 122 cm³/mol. The van der Waals surface area contributed by atoms with E-state index in [2.05, 4.69) is 36.5 Å². The quantitative estimate of drug-likeness (QED) is 0.361. The Kier molecular flexibility index (Phi) is 6.22. The maximum Gasteiger partial charge on any atom is 0.229 e. The highest BCUT2D eigenvalue weighted by molar-refractivity contribution is 9.10. The second-order valence-corrected chi connectivity index (χ2v) is 10.0. The second-order valence-electron chi connectivity index (χ2n) is 7.26. The standard InChI is InChI=1S/C21H22BrN5O3S/c1-14(2)30-13-5-12-23-19-17-6-3-4-7-18(17)27-20(24-19)21(25-26-27)31(28,29)16-10-8-15(22)9-11-16/h3-4,6-11,14H,5,12-13H2,1-2H3,(H,23,24). The van der Waals surface area contributed by atoms with Crippen LogP contribution in [0, 0.1) is 0 Å². The van der Waals surface area contributed by atoms with Gasteiger partial charge in [-0.25, -0.2) is 13.4 Å². The second kappa shape index (κ2) is 8.89. The van der Waals surface area contributed by atoms with E-state index in [0.29, 0.717) is 19.0 Å². The van der Waals surface area contributed by atoms with Gasteiger partial charge in [0.1, 0.15) is 5.82 Å². The molecule has 0 spiro atoms. The van der Waals surface area contributed by atoms with E-state index in [1.54, 1.807) is 12.1 Å². The number of para-hydroxylation sites is 1. The van der Waals surface area contributed by atoms with Gasteiger partial charge in [0.2, 0.25) is 14.9 Å². The van der Waals surface area contributed by atoms with Gasteiger partial charge in [0.05, 0.1) is 16.5 Å². The van der Waals surface area contributed by atoms with E-state index in [1.165, 1.54) is 16.6 Å². The molecule has 0 saturated heterocycles. The minimum atomic E-state index is -3.89. The van der Waals surface area contributed by atoms with E-state index in [4.69, 9.17) is 4.74 Å². The van der Waals surface area contributed by atoms with Gasteiger partial charge in [-0.2, -0.15) is 4.52 Å². The van der Waals surface area contributed by atoms with Crippen LogP contribution in [0.15, 0.2) is 62.9 Å². The van der Waals surface area contributed by atoms with Gasteiger partial charge >= 0.3 is 0 Å². The van der Waals surface area contributed by atoms with Gasteiger partial charge in [-0.3, -0.25) is 0 Å². The molecule has 2 heterocycles. The Morgan fingerprint density at radius 3 is 2.61 bits per heavy atom. The number of nitrogens with one attached hydrogen (secondary N) is 1. The lowest BCUT2D eigenvalue weighted by molar-refractivity contribution is 0.0787. The summed E-state index contributed by atoms with van der Waals surface area (Å²) in [5.41, 5.74) is 0.903. The van der Waals surface area contributed by atoms with Crippen molar-refractivity contribution in [1.82, 2.24) is 19.8 Å². The first-order chi connectivity index (χ1) is 14.9. The number of hydrogen-bond acceptors (Lipinski definition) is 7. The number of halogens is 1. The molecule has 0 saturated carbocycles. The van der Waals surface area contributed by atoms with Crippen LogP contribution in [-0.4, -0.2) is 47.5 Å². The van der Waals surface area contributed by atoms with Crippen LogP contribution >= 0.6 is 15.9 Å². The van der Waals surface area contributed by atoms with E-state index in [9.17, 15) is 8.42 Å². The number of fused-ring (bicyclic) bond motifs is 3. The molecule has 1 N–H and O–H groups in total. The minimum Gasteiger partial charge on any atom is -0.379 e. The van der Waals surface area contributed by atoms with Gasteiger partial charge in [0, 0.05) is 23.0 Å². The van der Waals surface area contributed by atoms with Gasteiger partial charge in [0.15, 0.2) is 5.65 Å². The molecule has 0 aliphatic heterocycles. The summed E-state index contributed by atoms with van der Waals surface area (Å²) in [6.07, 6.45) is 0.973. The van der Waals surface area contributed by atoms with Crippen molar-refractivity contribution in [1.29, 1.82) is 0 Å². The molecule has 2 aromatic heterocycles. The highest BCUT2D eigenvalue weighted by atomic mass is 79.9. The topological polar surface area (TPSA) is 98.5 Å². The molecule has 10 heteroatoms. The average molecular weight is 504 g/mol. The van der Waals surface area contributed by atoms with Gasteiger partial charge < -0.3 is 10.1 Å². The molecular weight excluding hydrogens is 482 g/mol. The number of hydrogen-bond donors (Lipinski definition) is 1. The number of aromatic nitrogens is 4. The third kappa shape index (κ3) is 4.41. The molecule has 0 fully saturated rings. The third-order valence-electron chi connectivity index (χ3n) is 4.67. The van der Waals surface area contributed by atoms with E-state index < -0.39 is 9.84 Å². The Hall–Kier alpha value is -2.56. The van der Waals surface area contributed by atoms with Crippen molar-refractivity contribution in [3.05, 3.63) is 53.0 Å². The summed E-state index contributed by atoms with van der Waals surface area (Å²) in [6.45, 7) is 5.26. The smallest absolute Gasteiger partial charge is 0.229 e. The Bertz CT molecular complexity index is 1320. The summed E-state index contributed by atoms with van der Waals surface area (Å²) < 4.78 is 34.3. The molecule has 0 bridgehead atoms. The fourth-order valence-electron chi connectivity index (χ4n) is 3.18. The molecule has 4 rings (SSSR count). The van der Waals surface area contributed by atoms with Crippen molar-refractivity contribution in [3.63, 3.8) is 0 Å². The highest BCUT2D eigenvalue weighted by Crippen LogP contribution is 2.28. The monoisotopic (exact) mass is 503 g/mol. The van der Waals surface area contributed by atoms with Crippen molar-refractivity contribution in [2.75, 3.05) is 18.5 Å². The first-order valence-electron chi connectivity index (χ1n) is 9.88. The maximum absolute atomic E-state index is 13.2. The van der Waals surface area contributed by atoms with Crippen LogP contribution in [0.3, 0.4) is 0 Å². The minimum absolute atomic E-state index is 0.133. The van der Waals surface area contributed by atoms with Crippen molar-refractivity contribution in [3.8, 4) is 0 Å². The Morgan fingerprint density at radius 2 is 1.87 bits per heavy atom. The van der Waals surface area contributed by atoms with Crippen LogP contribution in [0.1, 0.15) is 20.3 Å². The first-order valence-corrected chi connectivity index (χ1v) is 12.2. The number of anilines is 1. The van der Waals surface area contributed by atoms with Crippen LogP contribution in [0.5, 0.6) is 0 Å². The van der Waals surface area contributed by atoms with E-state index in [-0.39, 0.29) is 21.7 Å². The summed E-state index contributed by atoms with van der Waals surface area (Å²) in [4.78, 5) is 4.74. The maximum atomic E-state index is 13.2. The fraction of sp³-hybridized carbons (Fsp3) is 0.286. The van der Waals surface area contributed by atoms with Crippen molar-refractivity contribution < 1.29 is 13.2 Å². The Labute approximate surface area is 188 Å². The number of benzene rings is 2. The SMILES string of the molecule is CC(C)OCCCNc1nc2c(S(=O)(=O)c3ccc(Br)cc3)nnn2c2ccccc12. The highest BCUT2D eigenvalue weighted by Gasteiger charge is 2.27. The zero-order chi connectivity index (χ0) is 22.0. The summed E-state index contributed by atoms with van der Waals surface area (Å²) in [6, 6.07) is 14.0. The van der Waals surface area contributed by atoms with Gasteiger partial charge in [-0.1, -0.05) is 33.3 Å². The van der Waals surface area contributed by atoms with Crippen molar-refractivity contribution in [2.24, 2.45) is 0 Å². The lowest BCUT2D eigenvalue weighted by Gasteiger charge is -2.11. The zero-order valence-corrected chi connectivity index (χ0v) is 19.5. The molecule has 0 radical (unpaired) electrons. The predicted octanol–water partition coefficient (Wildman–Crippen LogP) is 4.10. The fourth-order valence-corrected chi connectivity index (χ4v) is 4.68. The van der Waals surface area contributed by atoms with Crippen molar-refractivity contribution in [2.45, 2.75) is 36.3 Å². The first kappa shape index (κ1) is 21.7. The van der Waals surface area contributed by atoms with Gasteiger partial charge in [-0.05, 0) is 56.7 Å².